The minimum Gasteiger partial charge on any atom is -0.344 e. The van der Waals surface area contributed by atoms with Gasteiger partial charge in [0.1, 0.15) is 6.04 Å². The van der Waals surface area contributed by atoms with Crippen LogP contribution < -0.4 is 10.6 Å². The third kappa shape index (κ3) is 3.72. The molecule has 2 N–H and O–H groups in total. The molecule has 2 atom stereocenters. The van der Waals surface area contributed by atoms with Crippen molar-refractivity contribution >= 4 is 11.8 Å². The largest absolute Gasteiger partial charge is 0.344 e. The molecular weight excluding hydrogens is 254 g/mol. The van der Waals surface area contributed by atoms with Crippen molar-refractivity contribution < 1.29 is 9.59 Å². The van der Waals surface area contributed by atoms with Crippen LogP contribution >= 0.6 is 0 Å². The number of hydrogen-bond acceptors (Lipinski definition) is 3. The van der Waals surface area contributed by atoms with Gasteiger partial charge in [0.2, 0.25) is 11.8 Å². The molecule has 0 aromatic rings. The molecule has 1 aliphatic carbocycles. The normalized spacial score (nSPS) is 26.1. The van der Waals surface area contributed by atoms with Gasteiger partial charge in [-0.2, -0.15) is 0 Å². The fourth-order valence-electron chi connectivity index (χ4n) is 3.41. The minimum atomic E-state index is -0.326. The number of nitrogens with one attached hydrogen (secondary N) is 2. The van der Waals surface area contributed by atoms with Crippen LogP contribution in [0.1, 0.15) is 46.0 Å². The van der Waals surface area contributed by atoms with Crippen molar-refractivity contribution in [2.75, 3.05) is 19.6 Å². The minimum absolute atomic E-state index is 0.100. The number of amides is 2. The van der Waals surface area contributed by atoms with E-state index >= 15 is 0 Å². The van der Waals surface area contributed by atoms with Gasteiger partial charge in [0, 0.05) is 32.6 Å². The highest BCUT2D eigenvalue weighted by atomic mass is 16.2. The molecule has 5 heteroatoms. The molecule has 20 heavy (non-hydrogen) atoms. The molecule has 1 heterocycles. The van der Waals surface area contributed by atoms with Gasteiger partial charge in [-0.1, -0.05) is 19.3 Å². The molecule has 2 aliphatic rings. The number of nitrogens with zero attached hydrogens (tertiary/aromatic N) is 1. The summed E-state index contributed by atoms with van der Waals surface area (Å²) in [5.41, 5.74) is 0. The standard InChI is InChI=1S/C15H27N3O2/c1-11-10-16-8-9-18(11)15(20)14(17-12(2)19)13-6-4-3-5-7-13/h11,13-14,16H,3-10H2,1-2H3,(H,17,19)/t11-,14+/m1/s1. The van der Waals surface area contributed by atoms with E-state index in [0.29, 0.717) is 5.92 Å². The summed E-state index contributed by atoms with van der Waals surface area (Å²) in [6.07, 6.45) is 5.70. The first-order chi connectivity index (χ1) is 9.59. The smallest absolute Gasteiger partial charge is 0.245 e. The summed E-state index contributed by atoms with van der Waals surface area (Å²) in [5, 5.41) is 6.21. The highest BCUT2D eigenvalue weighted by molar-refractivity contribution is 5.87. The molecule has 2 amide bonds. The highest BCUT2D eigenvalue weighted by Crippen LogP contribution is 2.27. The van der Waals surface area contributed by atoms with Gasteiger partial charge < -0.3 is 15.5 Å². The van der Waals surface area contributed by atoms with E-state index in [1.54, 1.807) is 0 Å². The Hall–Kier alpha value is -1.10. The van der Waals surface area contributed by atoms with Gasteiger partial charge in [0.15, 0.2) is 0 Å². The molecule has 1 saturated carbocycles. The maximum absolute atomic E-state index is 12.8. The summed E-state index contributed by atoms with van der Waals surface area (Å²) >= 11 is 0. The molecule has 1 saturated heterocycles. The van der Waals surface area contributed by atoms with Gasteiger partial charge in [-0.15, -0.1) is 0 Å². The lowest BCUT2D eigenvalue weighted by molar-refractivity contribution is -0.140. The third-order valence-corrected chi connectivity index (χ3v) is 4.53. The van der Waals surface area contributed by atoms with E-state index in [0.717, 1.165) is 32.5 Å². The lowest BCUT2D eigenvalue weighted by Gasteiger charge is -2.39. The second-order valence-corrected chi connectivity index (χ2v) is 6.16. The van der Waals surface area contributed by atoms with Gasteiger partial charge in [-0.25, -0.2) is 0 Å². The van der Waals surface area contributed by atoms with Crippen LogP contribution in [0.2, 0.25) is 0 Å². The number of hydrogen-bond donors (Lipinski definition) is 2. The SMILES string of the molecule is CC(=O)N[C@H](C(=O)N1CCNC[C@H]1C)C1CCCCC1. The second-order valence-electron chi connectivity index (χ2n) is 6.16. The molecule has 0 aromatic carbocycles. The quantitative estimate of drug-likeness (QED) is 0.808. The van der Waals surface area contributed by atoms with Crippen molar-refractivity contribution in [3.05, 3.63) is 0 Å². The molecule has 0 aromatic heterocycles. The summed E-state index contributed by atoms with van der Waals surface area (Å²) in [6, 6.07) is -0.121. The molecule has 2 fully saturated rings. The number of carbonyl (C=O) groups excluding carboxylic acids is 2. The Balaban J connectivity index is 2.07. The summed E-state index contributed by atoms with van der Waals surface area (Å²) in [4.78, 5) is 26.2. The summed E-state index contributed by atoms with van der Waals surface area (Å²) in [5.74, 6) is 0.319. The Morgan fingerprint density at radius 3 is 2.55 bits per heavy atom. The molecule has 0 bridgehead atoms. The fraction of sp³-hybridized carbons (Fsp3) is 0.867. The second kappa shape index (κ2) is 7.07. The first-order valence-corrected chi connectivity index (χ1v) is 7.88. The van der Waals surface area contributed by atoms with E-state index in [1.807, 2.05) is 4.90 Å². The van der Waals surface area contributed by atoms with Gasteiger partial charge in [-0.05, 0) is 25.7 Å². The van der Waals surface area contributed by atoms with Crippen molar-refractivity contribution in [1.82, 2.24) is 15.5 Å². The lowest BCUT2D eigenvalue weighted by Crippen LogP contribution is -2.59. The highest BCUT2D eigenvalue weighted by Gasteiger charge is 2.35. The molecule has 114 valence electrons. The Labute approximate surface area is 121 Å². The predicted molar refractivity (Wildman–Crippen MR) is 78.2 cm³/mol. The molecule has 5 nitrogen and oxygen atoms in total. The van der Waals surface area contributed by atoms with E-state index in [9.17, 15) is 9.59 Å². The first kappa shape index (κ1) is 15.3. The Bertz CT molecular complexity index is 353. The number of piperazine rings is 1. The Morgan fingerprint density at radius 1 is 1.25 bits per heavy atom. The molecule has 1 aliphatic heterocycles. The monoisotopic (exact) mass is 281 g/mol. The zero-order valence-electron chi connectivity index (χ0n) is 12.7. The van der Waals surface area contributed by atoms with Crippen molar-refractivity contribution in [3.8, 4) is 0 Å². The van der Waals surface area contributed by atoms with Crippen LogP contribution in [0.4, 0.5) is 0 Å². The van der Waals surface area contributed by atoms with Gasteiger partial charge in [0.05, 0.1) is 0 Å². The fourth-order valence-corrected chi connectivity index (χ4v) is 3.41. The van der Waals surface area contributed by atoms with Crippen LogP contribution in [0.3, 0.4) is 0 Å². The van der Waals surface area contributed by atoms with E-state index in [1.165, 1.54) is 26.2 Å². The van der Waals surface area contributed by atoms with Crippen molar-refractivity contribution in [3.63, 3.8) is 0 Å². The molecular formula is C15H27N3O2. The molecule has 0 spiro atoms. The van der Waals surface area contributed by atoms with Crippen molar-refractivity contribution in [2.45, 2.75) is 58.0 Å². The van der Waals surface area contributed by atoms with Crippen LogP contribution in [0, 0.1) is 5.92 Å². The van der Waals surface area contributed by atoms with E-state index in [2.05, 4.69) is 17.6 Å². The Kier molecular flexibility index (Phi) is 5.40. The third-order valence-electron chi connectivity index (χ3n) is 4.53. The molecule has 0 radical (unpaired) electrons. The van der Waals surface area contributed by atoms with Crippen LogP contribution in [0.25, 0.3) is 0 Å². The number of rotatable bonds is 3. The molecule has 0 unspecified atom stereocenters. The summed E-state index contributed by atoms with van der Waals surface area (Å²) in [6.45, 7) is 5.99. The van der Waals surface area contributed by atoms with Crippen LogP contribution in [0.5, 0.6) is 0 Å². The van der Waals surface area contributed by atoms with Crippen LogP contribution in [-0.2, 0) is 9.59 Å². The van der Waals surface area contributed by atoms with E-state index < -0.39 is 0 Å². The average Bonchev–Trinajstić information content (AvgIpc) is 2.45. The number of carbonyl (C=O) groups is 2. The Morgan fingerprint density at radius 2 is 1.95 bits per heavy atom. The van der Waals surface area contributed by atoms with Crippen LogP contribution in [0.15, 0.2) is 0 Å². The average molecular weight is 281 g/mol. The summed E-state index contributed by atoms with van der Waals surface area (Å²) in [7, 11) is 0. The van der Waals surface area contributed by atoms with Gasteiger partial charge in [0.25, 0.3) is 0 Å². The van der Waals surface area contributed by atoms with Crippen molar-refractivity contribution in [2.24, 2.45) is 5.92 Å². The van der Waals surface area contributed by atoms with E-state index in [-0.39, 0.29) is 23.9 Å². The maximum Gasteiger partial charge on any atom is 0.245 e. The lowest BCUT2D eigenvalue weighted by atomic mass is 9.83. The van der Waals surface area contributed by atoms with E-state index in [4.69, 9.17) is 0 Å². The first-order valence-electron chi connectivity index (χ1n) is 7.88. The molecule has 2 rings (SSSR count). The zero-order chi connectivity index (χ0) is 14.5. The maximum atomic E-state index is 12.8. The topological polar surface area (TPSA) is 61.4 Å². The predicted octanol–water partition coefficient (Wildman–Crippen LogP) is 0.892. The zero-order valence-corrected chi connectivity index (χ0v) is 12.7. The van der Waals surface area contributed by atoms with Gasteiger partial charge >= 0.3 is 0 Å². The van der Waals surface area contributed by atoms with Crippen molar-refractivity contribution in [1.29, 1.82) is 0 Å². The summed E-state index contributed by atoms with van der Waals surface area (Å²) < 4.78 is 0. The van der Waals surface area contributed by atoms with Crippen LogP contribution in [-0.4, -0.2) is 48.4 Å². The van der Waals surface area contributed by atoms with Gasteiger partial charge in [-0.3, -0.25) is 9.59 Å².